The molecule has 0 amide bonds. The fourth-order valence-corrected chi connectivity index (χ4v) is 2.51. The van der Waals surface area contributed by atoms with Crippen LogP contribution in [-0.2, 0) is 4.79 Å². The van der Waals surface area contributed by atoms with Crippen LogP contribution >= 0.6 is 11.6 Å². The van der Waals surface area contributed by atoms with Gasteiger partial charge in [-0.15, -0.1) is 0 Å². The minimum Gasteiger partial charge on any atom is -0.490 e. The number of allylic oxidation sites excluding steroid dienone is 2. The first-order chi connectivity index (χ1) is 15.4. The monoisotopic (exact) mass is 461 g/mol. The van der Waals surface area contributed by atoms with Crippen LogP contribution in [0.25, 0.3) is 0 Å². The molecule has 0 radical (unpaired) electrons. The molecule has 0 heterocycles. The normalized spacial score (nSPS) is 12.0. The number of rotatable bonds is 8. The summed E-state index contributed by atoms with van der Waals surface area (Å²) in [7, 11) is 0. The van der Waals surface area contributed by atoms with E-state index in [-0.39, 0.29) is 6.61 Å². The van der Waals surface area contributed by atoms with Gasteiger partial charge in [-0.2, -0.15) is 0 Å². The first-order valence-electron chi connectivity index (χ1n) is 11.4. The Morgan fingerprint density at radius 3 is 1.91 bits per heavy atom. The molecule has 0 saturated carbocycles. The van der Waals surface area contributed by atoms with Gasteiger partial charge in [0.1, 0.15) is 18.1 Å². The van der Waals surface area contributed by atoms with Gasteiger partial charge in [0.2, 0.25) is 0 Å². The standard InChI is InChI=1S/C12H17ClO.C9H10O2.C4H7N.C2H6/c1-3-5-11(4-2)14-12-8-6-10(13)7-9-12;1-8-2-4-9(5-3-8)11-7-6-10;1-3-2-4(3)5;1-2/h6-9,11H,3-5H2,1-2H3;2-6H,7H2,1H3;2,5H2,1H3;1-2H3. The maximum Gasteiger partial charge on any atom is 0.157 e. The van der Waals surface area contributed by atoms with Crippen LogP contribution in [0, 0.1) is 6.92 Å². The summed E-state index contributed by atoms with van der Waals surface area (Å²) in [6, 6.07) is 15.1. The van der Waals surface area contributed by atoms with E-state index in [0.29, 0.717) is 6.10 Å². The van der Waals surface area contributed by atoms with Gasteiger partial charge < -0.3 is 15.2 Å². The fourth-order valence-electron chi connectivity index (χ4n) is 2.38. The molecule has 0 fully saturated rings. The molecule has 1 aliphatic rings. The van der Waals surface area contributed by atoms with Crippen molar-refractivity contribution in [1.82, 2.24) is 0 Å². The molecule has 0 spiro atoms. The van der Waals surface area contributed by atoms with Crippen LogP contribution < -0.4 is 15.2 Å². The largest absolute Gasteiger partial charge is 0.490 e. The molecule has 1 aliphatic carbocycles. The highest BCUT2D eigenvalue weighted by Crippen LogP contribution is 2.23. The minimum absolute atomic E-state index is 0.128. The zero-order chi connectivity index (χ0) is 24.4. The predicted octanol–water partition coefficient (Wildman–Crippen LogP) is 7.52. The van der Waals surface area contributed by atoms with Crippen molar-refractivity contribution in [2.24, 2.45) is 5.73 Å². The third-order valence-corrected chi connectivity index (χ3v) is 4.65. The summed E-state index contributed by atoms with van der Waals surface area (Å²) >= 11 is 5.79. The van der Waals surface area contributed by atoms with Crippen LogP contribution in [0.2, 0.25) is 5.02 Å². The lowest BCUT2D eigenvalue weighted by atomic mass is 10.1. The second kappa shape index (κ2) is 18.1. The molecular formula is C27H40ClNO3. The number of nitrogens with two attached hydrogens (primary N) is 1. The second-order valence-corrected chi connectivity index (χ2v) is 7.60. The van der Waals surface area contributed by atoms with E-state index in [4.69, 9.17) is 26.8 Å². The van der Waals surface area contributed by atoms with Crippen LogP contribution in [0.4, 0.5) is 0 Å². The van der Waals surface area contributed by atoms with E-state index in [9.17, 15) is 4.79 Å². The number of halogens is 1. The Bertz CT molecular complexity index is 760. The Hall–Kier alpha value is -2.46. The Labute approximate surface area is 199 Å². The lowest BCUT2D eigenvalue weighted by Crippen LogP contribution is -2.14. The number of hydrogen-bond acceptors (Lipinski definition) is 4. The molecular weight excluding hydrogens is 422 g/mol. The maximum atomic E-state index is 9.92. The topological polar surface area (TPSA) is 61.6 Å². The molecule has 5 heteroatoms. The lowest BCUT2D eigenvalue weighted by Gasteiger charge is -2.16. The van der Waals surface area contributed by atoms with Crippen molar-refractivity contribution < 1.29 is 14.3 Å². The van der Waals surface area contributed by atoms with E-state index in [1.165, 1.54) is 11.1 Å². The van der Waals surface area contributed by atoms with Gasteiger partial charge in [0, 0.05) is 17.1 Å². The van der Waals surface area contributed by atoms with Crippen LogP contribution in [0.3, 0.4) is 0 Å². The highest BCUT2D eigenvalue weighted by atomic mass is 35.5. The summed E-state index contributed by atoms with van der Waals surface area (Å²) in [5, 5.41) is 0.751. The molecule has 0 bridgehead atoms. The molecule has 4 nitrogen and oxygen atoms in total. The Balaban J connectivity index is 0.000000471. The quantitative estimate of drug-likeness (QED) is 0.413. The highest BCUT2D eigenvalue weighted by Gasteiger charge is 2.09. The Morgan fingerprint density at radius 1 is 1.00 bits per heavy atom. The molecule has 0 aliphatic heterocycles. The predicted molar refractivity (Wildman–Crippen MR) is 137 cm³/mol. The first-order valence-corrected chi connectivity index (χ1v) is 11.8. The molecule has 3 rings (SSSR count). The molecule has 2 aromatic carbocycles. The average molecular weight is 462 g/mol. The van der Waals surface area contributed by atoms with Gasteiger partial charge in [-0.25, -0.2) is 0 Å². The number of aldehydes is 1. The first kappa shape index (κ1) is 29.5. The van der Waals surface area contributed by atoms with Crippen molar-refractivity contribution >= 4 is 17.9 Å². The fraction of sp³-hybridized carbons (Fsp3) is 0.444. The molecule has 178 valence electrons. The van der Waals surface area contributed by atoms with E-state index in [0.717, 1.165) is 54.2 Å². The van der Waals surface area contributed by atoms with Gasteiger partial charge in [-0.05, 0) is 68.7 Å². The zero-order valence-corrected chi connectivity index (χ0v) is 21.2. The Kier molecular flexibility index (Phi) is 16.7. The third-order valence-electron chi connectivity index (χ3n) is 4.40. The average Bonchev–Trinajstić information content (AvgIpc) is 3.48. The number of aryl methyl sites for hydroxylation is 1. The summed E-state index contributed by atoms with van der Waals surface area (Å²) < 4.78 is 10.8. The van der Waals surface area contributed by atoms with Crippen molar-refractivity contribution in [2.75, 3.05) is 6.61 Å². The number of benzene rings is 2. The summed E-state index contributed by atoms with van der Waals surface area (Å²) in [4.78, 5) is 9.92. The van der Waals surface area contributed by atoms with E-state index >= 15 is 0 Å². The minimum atomic E-state index is 0.128. The van der Waals surface area contributed by atoms with Gasteiger partial charge in [0.25, 0.3) is 0 Å². The van der Waals surface area contributed by atoms with Crippen LogP contribution in [0.15, 0.2) is 59.8 Å². The summed E-state index contributed by atoms with van der Waals surface area (Å²) in [6.45, 7) is 12.5. The zero-order valence-electron chi connectivity index (χ0n) is 20.5. The van der Waals surface area contributed by atoms with Gasteiger partial charge in [0.05, 0.1) is 6.10 Å². The molecule has 0 saturated heterocycles. The second-order valence-electron chi connectivity index (χ2n) is 7.16. The van der Waals surface area contributed by atoms with Crippen LogP contribution in [0.5, 0.6) is 11.5 Å². The number of hydrogen-bond donors (Lipinski definition) is 1. The highest BCUT2D eigenvalue weighted by molar-refractivity contribution is 6.30. The molecule has 2 aromatic rings. The SMILES string of the molecule is CC.CC1=C(N)C1.CCCC(CC)Oc1ccc(Cl)cc1.Cc1ccc(OCC=O)cc1. The number of carbonyl (C=O) groups excluding carboxylic acids is 1. The summed E-state index contributed by atoms with van der Waals surface area (Å²) in [5.41, 5.74) is 8.88. The van der Waals surface area contributed by atoms with E-state index in [1.807, 2.05) is 69.3 Å². The van der Waals surface area contributed by atoms with Gasteiger partial charge >= 0.3 is 0 Å². The van der Waals surface area contributed by atoms with E-state index < -0.39 is 0 Å². The van der Waals surface area contributed by atoms with E-state index in [1.54, 1.807) is 0 Å². The molecule has 32 heavy (non-hydrogen) atoms. The smallest absolute Gasteiger partial charge is 0.157 e. The third kappa shape index (κ3) is 14.5. The number of ether oxygens (including phenoxy) is 2. The van der Waals surface area contributed by atoms with Gasteiger partial charge in [0.15, 0.2) is 6.29 Å². The molecule has 1 unspecified atom stereocenters. The lowest BCUT2D eigenvalue weighted by molar-refractivity contribution is -0.109. The summed E-state index contributed by atoms with van der Waals surface area (Å²) in [6.07, 6.45) is 5.47. The Morgan fingerprint density at radius 2 is 1.50 bits per heavy atom. The van der Waals surface area contributed by atoms with Crippen LogP contribution in [0.1, 0.15) is 65.9 Å². The maximum absolute atomic E-state index is 9.92. The van der Waals surface area contributed by atoms with Gasteiger partial charge in [-0.3, -0.25) is 4.79 Å². The van der Waals surface area contributed by atoms with Crippen molar-refractivity contribution in [3.8, 4) is 11.5 Å². The van der Waals surface area contributed by atoms with Crippen molar-refractivity contribution in [3.05, 3.63) is 70.4 Å². The van der Waals surface area contributed by atoms with Gasteiger partial charge in [-0.1, -0.05) is 63.4 Å². The number of carbonyl (C=O) groups is 1. The molecule has 0 aromatic heterocycles. The van der Waals surface area contributed by atoms with Crippen molar-refractivity contribution in [3.63, 3.8) is 0 Å². The van der Waals surface area contributed by atoms with Crippen molar-refractivity contribution in [1.29, 1.82) is 0 Å². The molecule has 1 atom stereocenters. The summed E-state index contributed by atoms with van der Waals surface area (Å²) in [5.74, 6) is 1.65. The van der Waals surface area contributed by atoms with E-state index in [2.05, 4.69) is 20.8 Å². The van der Waals surface area contributed by atoms with Crippen molar-refractivity contribution in [2.45, 2.75) is 73.3 Å². The molecule has 2 N–H and O–H groups in total. The van der Waals surface area contributed by atoms with Crippen LogP contribution in [-0.4, -0.2) is 19.0 Å².